The van der Waals surface area contributed by atoms with Gasteiger partial charge in [0.2, 0.25) is 0 Å². The number of halogens is 2. The van der Waals surface area contributed by atoms with Crippen LogP contribution in [0.3, 0.4) is 0 Å². The number of carboxylic acid groups (broad SMARTS) is 1. The molecule has 0 aliphatic heterocycles. The van der Waals surface area contributed by atoms with Crippen LogP contribution in [0.25, 0.3) is 0 Å². The van der Waals surface area contributed by atoms with E-state index in [0.717, 1.165) is 6.07 Å². The average Bonchev–Trinajstić information content (AvgIpc) is 2.08. The van der Waals surface area contributed by atoms with E-state index in [2.05, 4.69) is 0 Å². The van der Waals surface area contributed by atoms with Crippen molar-refractivity contribution in [3.8, 4) is 0 Å². The largest absolute Gasteiger partial charge is 1.00 e. The van der Waals surface area contributed by atoms with Crippen molar-refractivity contribution in [3.05, 3.63) is 28.5 Å². The van der Waals surface area contributed by atoms with Crippen molar-refractivity contribution >= 4 is 28.7 Å². The summed E-state index contributed by atoms with van der Waals surface area (Å²) in [6.45, 7) is 0. The number of rotatable bonds is 2. The first kappa shape index (κ1) is 19.4. The number of hydrogen-bond acceptors (Lipinski definition) is 4. The van der Waals surface area contributed by atoms with Gasteiger partial charge in [0.1, 0.15) is 0 Å². The maximum Gasteiger partial charge on any atom is 1.00 e. The molecule has 0 saturated heterocycles. The minimum atomic E-state index is -2.67. The molecule has 16 heavy (non-hydrogen) atoms. The summed E-state index contributed by atoms with van der Waals surface area (Å²) in [4.78, 5) is 9.93. The van der Waals surface area contributed by atoms with Gasteiger partial charge < -0.3 is 14.5 Å². The molecule has 0 radical (unpaired) electrons. The second-order valence-corrected chi connectivity index (χ2v) is 3.64. The van der Waals surface area contributed by atoms with E-state index in [1.54, 1.807) is 0 Å². The number of hydrogen-bond donors (Lipinski definition) is 0. The van der Waals surface area contributed by atoms with E-state index in [0.29, 0.717) is 6.07 Å². The number of carbonyl (C=O) groups excluding carboxylic acids is 1. The van der Waals surface area contributed by atoms with E-state index in [9.17, 15) is 23.1 Å². The molecule has 0 N–H and O–H groups in total. The van der Waals surface area contributed by atoms with Crippen LogP contribution >= 0.6 is 11.6 Å². The number of benzene rings is 1. The van der Waals surface area contributed by atoms with Gasteiger partial charge in [0.25, 0.3) is 0 Å². The molecular formula is C7H2ClFNa2O4S. The van der Waals surface area contributed by atoms with Crippen molar-refractivity contribution in [2.45, 2.75) is 4.90 Å². The first-order valence-corrected chi connectivity index (χ1v) is 4.68. The molecule has 1 aromatic carbocycles. The van der Waals surface area contributed by atoms with Gasteiger partial charge in [-0.3, -0.25) is 4.21 Å². The van der Waals surface area contributed by atoms with Crippen molar-refractivity contribution in [1.82, 2.24) is 0 Å². The molecule has 0 fully saturated rings. The Morgan fingerprint density at radius 2 is 1.88 bits per heavy atom. The van der Waals surface area contributed by atoms with Gasteiger partial charge in [-0.15, -0.1) is 0 Å². The molecule has 0 bridgehead atoms. The molecule has 0 aliphatic rings. The van der Waals surface area contributed by atoms with Crippen LogP contribution < -0.4 is 64.2 Å². The van der Waals surface area contributed by atoms with Gasteiger partial charge in [0, 0.05) is 10.5 Å². The SMILES string of the molecule is O=C([O-])c1cc(S(=O)[O-])cc(Cl)c1F.[Na+].[Na+]. The van der Waals surface area contributed by atoms with Crippen LogP contribution in [0.4, 0.5) is 4.39 Å². The van der Waals surface area contributed by atoms with Gasteiger partial charge in [-0.2, -0.15) is 0 Å². The molecule has 1 atom stereocenters. The van der Waals surface area contributed by atoms with E-state index < -0.39 is 38.3 Å². The van der Waals surface area contributed by atoms with Crippen molar-refractivity contribution in [3.63, 3.8) is 0 Å². The Balaban J connectivity index is 0. The van der Waals surface area contributed by atoms with Crippen molar-refractivity contribution in [1.29, 1.82) is 0 Å². The molecule has 1 rings (SSSR count). The van der Waals surface area contributed by atoms with Gasteiger partial charge in [-0.25, -0.2) is 4.39 Å². The molecule has 0 spiro atoms. The summed E-state index contributed by atoms with van der Waals surface area (Å²) in [5.41, 5.74) is -0.878. The summed E-state index contributed by atoms with van der Waals surface area (Å²) in [5.74, 6) is -3.03. The summed E-state index contributed by atoms with van der Waals surface area (Å²) in [7, 11) is 0. The molecule has 0 saturated carbocycles. The normalized spacial score (nSPS) is 10.9. The predicted molar refractivity (Wildman–Crippen MR) is 42.9 cm³/mol. The van der Waals surface area contributed by atoms with Crippen molar-refractivity contribution in [2.75, 3.05) is 0 Å². The van der Waals surface area contributed by atoms with E-state index in [4.69, 9.17) is 11.6 Å². The summed E-state index contributed by atoms with van der Waals surface area (Å²) in [6, 6.07) is 1.45. The fourth-order valence-electron chi connectivity index (χ4n) is 0.809. The fraction of sp³-hybridized carbons (Fsp3) is 0. The van der Waals surface area contributed by atoms with Crippen LogP contribution in [0.1, 0.15) is 10.4 Å². The second kappa shape index (κ2) is 8.18. The Kier molecular flexibility index (Phi) is 9.90. The summed E-state index contributed by atoms with van der Waals surface area (Å²) in [6.07, 6.45) is 0. The molecular weight excluding hydrogens is 281 g/mol. The molecule has 76 valence electrons. The standard InChI is InChI=1S/C7H4ClFO4S.2Na/c8-5-2-3(14(12)13)1-4(6(5)9)7(10)11;;/h1-2H,(H,10,11)(H,12,13);;/q;2*+1/p-2. The maximum atomic E-state index is 12.9. The van der Waals surface area contributed by atoms with Crippen LogP contribution in [0.15, 0.2) is 17.0 Å². The van der Waals surface area contributed by atoms with Crippen molar-refractivity contribution in [2.24, 2.45) is 0 Å². The van der Waals surface area contributed by atoms with Crippen LogP contribution in [-0.2, 0) is 11.1 Å². The Morgan fingerprint density at radius 1 is 1.38 bits per heavy atom. The zero-order valence-electron chi connectivity index (χ0n) is 8.45. The van der Waals surface area contributed by atoms with Gasteiger partial charge in [-0.1, -0.05) is 11.6 Å². The fourth-order valence-corrected chi connectivity index (χ4v) is 1.52. The third kappa shape index (κ3) is 4.72. The first-order valence-electron chi connectivity index (χ1n) is 3.23. The number of carboxylic acids is 1. The second-order valence-electron chi connectivity index (χ2n) is 2.29. The molecule has 1 aromatic rings. The van der Waals surface area contributed by atoms with Crippen LogP contribution in [-0.4, -0.2) is 14.7 Å². The predicted octanol–water partition coefficient (Wildman–Crippen LogP) is -5.91. The maximum absolute atomic E-state index is 12.9. The minimum Gasteiger partial charge on any atom is -0.768 e. The third-order valence-corrected chi connectivity index (χ3v) is 2.31. The Bertz CT molecular complexity index is 429. The number of aromatic carboxylic acids is 1. The molecule has 0 aromatic heterocycles. The summed E-state index contributed by atoms with van der Waals surface area (Å²) >= 11 is 2.60. The molecule has 0 heterocycles. The van der Waals surface area contributed by atoms with Gasteiger partial charge in [0.05, 0.1) is 11.0 Å². The van der Waals surface area contributed by atoms with Crippen LogP contribution in [0.5, 0.6) is 0 Å². The Morgan fingerprint density at radius 3 is 2.25 bits per heavy atom. The Labute approximate surface area is 142 Å². The smallest absolute Gasteiger partial charge is 0.768 e. The number of carbonyl (C=O) groups is 1. The minimum absolute atomic E-state index is 0. The summed E-state index contributed by atoms with van der Waals surface area (Å²) in [5, 5.41) is 9.76. The summed E-state index contributed by atoms with van der Waals surface area (Å²) < 4.78 is 33.8. The molecule has 9 heteroatoms. The molecule has 0 amide bonds. The van der Waals surface area contributed by atoms with E-state index in [-0.39, 0.29) is 59.1 Å². The van der Waals surface area contributed by atoms with Gasteiger partial charge >= 0.3 is 59.1 Å². The third-order valence-electron chi connectivity index (χ3n) is 1.41. The zero-order valence-corrected chi connectivity index (χ0v) is 14.0. The quantitative estimate of drug-likeness (QED) is 0.400. The average molecular weight is 283 g/mol. The zero-order chi connectivity index (χ0) is 10.9. The van der Waals surface area contributed by atoms with Crippen LogP contribution in [0, 0.1) is 5.82 Å². The van der Waals surface area contributed by atoms with E-state index in [1.165, 1.54) is 0 Å². The Hall–Kier alpha value is 1.02. The van der Waals surface area contributed by atoms with E-state index in [1.807, 2.05) is 0 Å². The van der Waals surface area contributed by atoms with Gasteiger partial charge in [-0.05, 0) is 23.2 Å². The van der Waals surface area contributed by atoms with Crippen LogP contribution in [0.2, 0.25) is 5.02 Å². The first-order chi connectivity index (χ1) is 6.43. The van der Waals surface area contributed by atoms with Crippen molar-refractivity contribution < 1.29 is 82.2 Å². The topological polar surface area (TPSA) is 80.3 Å². The monoisotopic (exact) mass is 282 g/mol. The molecule has 1 unspecified atom stereocenters. The molecule has 0 aliphatic carbocycles. The van der Waals surface area contributed by atoms with E-state index >= 15 is 0 Å². The van der Waals surface area contributed by atoms with Gasteiger partial charge in [0.15, 0.2) is 5.82 Å². The molecule has 4 nitrogen and oxygen atoms in total.